The molecule has 1 aliphatic heterocycles. The van der Waals surface area contributed by atoms with Crippen LogP contribution >= 0.6 is 0 Å². The zero-order valence-corrected chi connectivity index (χ0v) is 12.7. The zero-order valence-electron chi connectivity index (χ0n) is 12.7. The molecular weight excluding hydrogens is 262 g/mol. The maximum absolute atomic E-state index is 5.86. The van der Waals surface area contributed by atoms with Crippen LogP contribution in [0.5, 0.6) is 5.75 Å². The highest BCUT2D eigenvalue weighted by molar-refractivity contribution is 5.41. The highest BCUT2D eigenvalue weighted by Gasteiger charge is 2.32. The Labute approximate surface area is 126 Å². The number of fused-ring (bicyclic) bond motifs is 1. The summed E-state index contributed by atoms with van der Waals surface area (Å²) in [4.78, 5) is 0. The fourth-order valence-electron chi connectivity index (χ4n) is 2.97. The molecule has 0 amide bonds. The molecule has 2 atom stereocenters. The fourth-order valence-corrected chi connectivity index (χ4v) is 2.97. The van der Waals surface area contributed by atoms with Gasteiger partial charge in [0, 0.05) is 35.8 Å². The Bertz CT molecular complexity index is 593. The maximum atomic E-state index is 5.86. The molecular formula is C17H23N3O. The number of para-hydroxylation sites is 1. The predicted molar refractivity (Wildman–Crippen MR) is 83.6 cm³/mol. The number of ether oxygens (including phenoxy) is 1. The third-order valence-corrected chi connectivity index (χ3v) is 4.09. The van der Waals surface area contributed by atoms with Gasteiger partial charge in [0.15, 0.2) is 0 Å². The third-order valence-electron chi connectivity index (χ3n) is 4.09. The van der Waals surface area contributed by atoms with Crippen molar-refractivity contribution >= 4 is 0 Å². The smallest absolute Gasteiger partial charge is 0.122 e. The largest absolute Gasteiger partial charge is 0.493 e. The number of rotatable bonds is 6. The van der Waals surface area contributed by atoms with E-state index < -0.39 is 0 Å². The minimum atomic E-state index is 0.258. The number of nitrogens with zero attached hydrogens (tertiary/aromatic N) is 2. The van der Waals surface area contributed by atoms with E-state index in [-0.39, 0.29) is 6.04 Å². The molecule has 0 saturated heterocycles. The van der Waals surface area contributed by atoms with Gasteiger partial charge in [0.2, 0.25) is 0 Å². The van der Waals surface area contributed by atoms with E-state index in [0.717, 1.165) is 31.9 Å². The first-order valence-corrected chi connectivity index (χ1v) is 7.81. The lowest BCUT2D eigenvalue weighted by molar-refractivity contribution is 0.299. The first-order valence-electron chi connectivity index (χ1n) is 7.81. The van der Waals surface area contributed by atoms with Crippen molar-refractivity contribution in [2.45, 2.75) is 38.8 Å². The lowest BCUT2D eigenvalue weighted by atomic mass is 9.90. The summed E-state index contributed by atoms with van der Waals surface area (Å²) in [6.45, 7) is 6.94. The third kappa shape index (κ3) is 2.81. The van der Waals surface area contributed by atoms with Gasteiger partial charge >= 0.3 is 0 Å². The van der Waals surface area contributed by atoms with E-state index in [4.69, 9.17) is 4.74 Å². The van der Waals surface area contributed by atoms with Crippen LogP contribution in [0.1, 0.15) is 43.4 Å². The second-order valence-electron chi connectivity index (χ2n) is 5.52. The summed E-state index contributed by atoms with van der Waals surface area (Å²) in [5.74, 6) is 1.37. The molecule has 3 rings (SSSR count). The molecule has 2 heterocycles. The highest BCUT2D eigenvalue weighted by Crippen LogP contribution is 2.41. The summed E-state index contributed by atoms with van der Waals surface area (Å²) < 4.78 is 7.84. The van der Waals surface area contributed by atoms with Gasteiger partial charge in [-0.15, -0.1) is 0 Å². The Hall–Kier alpha value is -1.81. The van der Waals surface area contributed by atoms with Crippen molar-refractivity contribution < 1.29 is 4.74 Å². The number of aromatic nitrogens is 2. The highest BCUT2D eigenvalue weighted by atomic mass is 16.5. The van der Waals surface area contributed by atoms with Crippen LogP contribution in [0, 0.1) is 0 Å². The maximum Gasteiger partial charge on any atom is 0.122 e. The van der Waals surface area contributed by atoms with Crippen LogP contribution in [0.3, 0.4) is 0 Å². The van der Waals surface area contributed by atoms with Crippen LogP contribution in [0.2, 0.25) is 0 Å². The van der Waals surface area contributed by atoms with Gasteiger partial charge in [0.1, 0.15) is 5.75 Å². The van der Waals surface area contributed by atoms with Crippen LogP contribution in [0.25, 0.3) is 0 Å². The number of hydrogen-bond acceptors (Lipinski definition) is 3. The molecule has 1 aromatic carbocycles. The van der Waals surface area contributed by atoms with Gasteiger partial charge in [-0.25, -0.2) is 0 Å². The van der Waals surface area contributed by atoms with Gasteiger partial charge in [0.25, 0.3) is 0 Å². The Morgan fingerprint density at radius 3 is 3.00 bits per heavy atom. The van der Waals surface area contributed by atoms with Crippen molar-refractivity contribution in [2.24, 2.45) is 0 Å². The molecule has 2 aromatic rings. The first-order chi connectivity index (χ1) is 10.3. The van der Waals surface area contributed by atoms with Crippen molar-refractivity contribution in [2.75, 3.05) is 13.2 Å². The average Bonchev–Trinajstić information content (AvgIpc) is 3.15. The van der Waals surface area contributed by atoms with Gasteiger partial charge in [-0.2, -0.15) is 5.10 Å². The Kier molecular flexibility index (Phi) is 4.25. The molecule has 1 aliphatic rings. The van der Waals surface area contributed by atoms with E-state index >= 15 is 0 Å². The zero-order chi connectivity index (χ0) is 14.7. The molecule has 1 aromatic heterocycles. The number of nitrogens with one attached hydrogen (secondary N) is 1. The molecule has 0 aliphatic carbocycles. The molecule has 0 fully saturated rings. The van der Waals surface area contributed by atoms with E-state index in [2.05, 4.69) is 48.7 Å². The second kappa shape index (κ2) is 6.31. The van der Waals surface area contributed by atoms with E-state index in [1.165, 1.54) is 11.1 Å². The fraction of sp³-hybridized carbons (Fsp3) is 0.471. The van der Waals surface area contributed by atoms with Crippen molar-refractivity contribution in [1.82, 2.24) is 15.1 Å². The van der Waals surface area contributed by atoms with Crippen molar-refractivity contribution in [3.63, 3.8) is 0 Å². The van der Waals surface area contributed by atoms with Gasteiger partial charge in [-0.3, -0.25) is 4.68 Å². The SMILES string of the molecule is CCCNC(c1cnn(CC)c1)C1COc2ccccc21. The predicted octanol–water partition coefficient (Wildman–Crippen LogP) is 3.12. The second-order valence-corrected chi connectivity index (χ2v) is 5.52. The van der Waals surface area contributed by atoms with Gasteiger partial charge in [-0.1, -0.05) is 25.1 Å². The van der Waals surface area contributed by atoms with Gasteiger partial charge in [-0.05, 0) is 26.0 Å². The quantitative estimate of drug-likeness (QED) is 0.886. The van der Waals surface area contributed by atoms with E-state index in [9.17, 15) is 0 Å². The summed E-state index contributed by atoms with van der Waals surface area (Å²) in [5, 5.41) is 8.10. The molecule has 4 heteroatoms. The Morgan fingerprint density at radius 1 is 1.38 bits per heavy atom. The van der Waals surface area contributed by atoms with Gasteiger partial charge in [0.05, 0.1) is 12.8 Å². The van der Waals surface area contributed by atoms with Crippen molar-refractivity contribution in [1.29, 1.82) is 0 Å². The molecule has 0 spiro atoms. The van der Waals surface area contributed by atoms with E-state index in [1.807, 2.05) is 16.9 Å². The standard InChI is InChI=1S/C17H23N3O/c1-3-9-18-17(13-10-19-20(4-2)11-13)15-12-21-16-8-6-5-7-14(15)16/h5-8,10-11,15,17-18H,3-4,9,12H2,1-2H3. The van der Waals surface area contributed by atoms with Crippen LogP contribution in [-0.2, 0) is 6.54 Å². The molecule has 0 saturated carbocycles. The molecule has 112 valence electrons. The lowest BCUT2D eigenvalue weighted by Gasteiger charge is -2.23. The monoisotopic (exact) mass is 285 g/mol. The van der Waals surface area contributed by atoms with E-state index in [0.29, 0.717) is 5.92 Å². The van der Waals surface area contributed by atoms with Crippen LogP contribution in [0.4, 0.5) is 0 Å². The number of benzene rings is 1. The van der Waals surface area contributed by atoms with Crippen molar-refractivity contribution in [3.8, 4) is 5.75 Å². The van der Waals surface area contributed by atoms with Crippen LogP contribution in [0.15, 0.2) is 36.7 Å². The molecule has 21 heavy (non-hydrogen) atoms. The van der Waals surface area contributed by atoms with Gasteiger partial charge < -0.3 is 10.1 Å². The topological polar surface area (TPSA) is 39.1 Å². The average molecular weight is 285 g/mol. The number of aryl methyl sites for hydroxylation is 1. The summed E-state index contributed by atoms with van der Waals surface area (Å²) in [5.41, 5.74) is 2.55. The first kappa shape index (κ1) is 14.1. The molecule has 0 radical (unpaired) electrons. The van der Waals surface area contributed by atoms with Crippen molar-refractivity contribution in [3.05, 3.63) is 47.8 Å². The summed E-state index contributed by atoms with van der Waals surface area (Å²) in [6.07, 6.45) is 5.25. The number of hydrogen-bond donors (Lipinski definition) is 1. The Morgan fingerprint density at radius 2 is 2.24 bits per heavy atom. The minimum Gasteiger partial charge on any atom is -0.493 e. The molecule has 0 bridgehead atoms. The normalized spacial score (nSPS) is 18.3. The molecule has 1 N–H and O–H groups in total. The lowest BCUT2D eigenvalue weighted by Crippen LogP contribution is -2.28. The molecule has 2 unspecified atom stereocenters. The molecule has 4 nitrogen and oxygen atoms in total. The van der Waals surface area contributed by atoms with Crippen LogP contribution < -0.4 is 10.1 Å². The Balaban J connectivity index is 1.89. The summed E-state index contributed by atoms with van der Waals surface area (Å²) >= 11 is 0. The summed E-state index contributed by atoms with van der Waals surface area (Å²) in [7, 11) is 0. The van der Waals surface area contributed by atoms with Crippen LogP contribution in [-0.4, -0.2) is 22.9 Å². The van der Waals surface area contributed by atoms with E-state index in [1.54, 1.807) is 0 Å². The minimum absolute atomic E-state index is 0.258. The summed E-state index contributed by atoms with van der Waals surface area (Å²) in [6, 6.07) is 8.62.